The van der Waals surface area contributed by atoms with Gasteiger partial charge in [0, 0.05) is 5.56 Å². The number of quaternary nitrogens is 1. The van der Waals surface area contributed by atoms with Crippen molar-refractivity contribution in [2.24, 2.45) is 0 Å². The van der Waals surface area contributed by atoms with Gasteiger partial charge in [0.25, 0.3) is 5.91 Å². The number of hydrogen-bond donors (Lipinski definition) is 2. The second-order valence-corrected chi connectivity index (χ2v) is 7.17. The standard InChI is InChI=1S/C23H23FN2O3/c24-19-8-6-18(7-9-19)21-10-11-22(29-21)23(27)25-20(17-4-2-1-3-5-17)16-26-12-14-28-15-13-26/h1-11,20H,12-16H2,(H,25,27)/p+1/t20-/m1/s1. The van der Waals surface area contributed by atoms with Gasteiger partial charge in [-0.2, -0.15) is 0 Å². The van der Waals surface area contributed by atoms with Gasteiger partial charge in [0.15, 0.2) is 5.76 Å². The van der Waals surface area contributed by atoms with Crippen LogP contribution in [0.3, 0.4) is 0 Å². The number of nitrogens with one attached hydrogen (secondary N) is 2. The van der Waals surface area contributed by atoms with Crippen LogP contribution in [0.1, 0.15) is 22.2 Å². The van der Waals surface area contributed by atoms with Crippen LogP contribution < -0.4 is 10.2 Å². The topological polar surface area (TPSA) is 55.9 Å². The van der Waals surface area contributed by atoms with E-state index in [9.17, 15) is 9.18 Å². The van der Waals surface area contributed by atoms with Gasteiger partial charge in [-0.3, -0.25) is 4.79 Å². The van der Waals surface area contributed by atoms with E-state index < -0.39 is 0 Å². The van der Waals surface area contributed by atoms with Crippen LogP contribution in [0.15, 0.2) is 71.1 Å². The van der Waals surface area contributed by atoms with Gasteiger partial charge in [0.1, 0.15) is 37.3 Å². The Hall–Kier alpha value is -2.96. The molecule has 0 saturated carbocycles. The summed E-state index contributed by atoms with van der Waals surface area (Å²) in [6.45, 7) is 4.11. The third-order valence-corrected chi connectivity index (χ3v) is 5.16. The summed E-state index contributed by atoms with van der Waals surface area (Å²) in [4.78, 5) is 14.3. The maximum absolute atomic E-state index is 13.1. The summed E-state index contributed by atoms with van der Waals surface area (Å²) in [7, 11) is 0. The number of carbonyl (C=O) groups excluding carboxylic acids is 1. The summed E-state index contributed by atoms with van der Waals surface area (Å²) < 4.78 is 24.3. The van der Waals surface area contributed by atoms with E-state index in [1.54, 1.807) is 24.3 Å². The number of rotatable bonds is 6. The van der Waals surface area contributed by atoms with Gasteiger partial charge in [-0.25, -0.2) is 4.39 Å². The van der Waals surface area contributed by atoms with Crippen molar-refractivity contribution in [2.45, 2.75) is 6.04 Å². The first kappa shape index (κ1) is 19.4. The Balaban J connectivity index is 1.49. The van der Waals surface area contributed by atoms with Crippen LogP contribution >= 0.6 is 0 Å². The summed E-state index contributed by atoms with van der Waals surface area (Å²) >= 11 is 0. The molecule has 1 saturated heterocycles. The van der Waals surface area contributed by atoms with E-state index in [0.29, 0.717) is 5.76 Å². The second-order valence-electron chi connectivity index (χ2n) is 7.17. The Morgan fingerprint density at radius 1 is 1.00 bits per heavy atom. The van der Waals surface area contributed by atoms with Crippen LogP contribution in [0.25, 0.3) is 11.3 Å². The van der Waals surface area contributed by atoms with Crippen molar-refractivity contribution in [3.05, 3.63) is 83.9 Å². The minimum absolute atomic E-state index is 0.129. The van der Waals surface area contributed by atoms with E-state index in [4.69, 9.17) is 9.15 Å². The highest BCUT2D eigenvalue weighted by Gasteiger charge is 2.24. The smallest absolute Gasteiger partial charge is 0.287 e. The van der Waals surface area contributed by atoms with Gasteiger partial charge in [0.2, 0.25) is 0 Å². The molecule has 5 nitrogen and oxygen atoms in total. The van der Waals surface area contributed by atoms with E-state index in [2.05, 4.69) is 5.32 Å². The molecule has 2 heterocycles. The fraction of sp³-hybridized carbons (Fsp3) is 0.261. The zero-order valence-corrected chi connectivity index (χ0v) is 16.1. The van der Waals surface area contributed by atoms with Crippen molar-refractivity contribution < 1.29 is 23.2 Å². The highest BCUT2D eigenvalue weighted by atomic mass is 19.1. The molecule has 0 unspecified atom stereocenters. The lowest BCUT2D eigenvalue weighted by Crippen LogP contribution is -3.14. The molecular formula is C23H24FN2O3+. The monoisotopic (exact) mass is 395 g/mol. The van der Waals surface area contributed by atoms with Gasteiger partial charge in [0.05, 0.1) is 13.2 Å². The molecule has 3 aromatic rings. The van der Waals surface area contributed by atoms with Crippen molar-refractivity contribution in [1.82, 2.24) is 5.32 Å². The van der Waals surface area contributed by atoms with Crippen molar-refractivity contribution >= 4 is 5.91 Å². The lowest BCUT2D eigenvalue weighted by molar-refractivity contribution is -0.909. The Kier molecular flexibility index (Phi) is 6.03. The van der Waals surface area contributed by atoms with E-state index in [0.717, 1.165) is 44.0 Å². The molecule has 1 aromatic heterocycles. The van der Waals surface area contributed by atoms with Crippen LogP contribution in [-0.4, -0.2) is 38.8 Å². The van der Waals surface area contributed by atoms with Crippen molar-refractivity contribution in [2.75, 3.05) is 32.8 Å². The number of halogens is 1. The SMILES string of the molecule is O=C(N[C@H](C[NH+]1CCOCC1)c1ccccc1)c1ccc(-c2ccc(F)cc2)o1. The molecule has 0 radical (unpaired) electrons. The van der Waals surface area contributed by atoms with Gasteiger partial charge in [-0.15, -0.1) is 0 Å². The summed E-state index contributed by atoms with van der Waals surface area (Å²) in [5.41, 5.74) is 1.79. The Labute approximate surface area is 169 Å². The summed E-state index contributed by atoms with van der Waals surface area (Å²) in [6.07, 6.45) is 0. The molecule has 0 bridgehead atoms. The first-order valence-electron chi connectivity index (χ1n) is 9.82. The molecule has 29 heavy (non-hydrogen) atoms. The maximum atomic E-state index is 13.1. The zero-order valence-electron chi connectivity index (χ0n) is 16.1. The second kappa shape index (κ2) is 9.03. The maximum Gasteiger partial charge on any atom is 0.287 e. The zero-order chi connectivity index (χ0) is 20.1. The van der Waals surface area contributed by atoms with Crippen molar-refractivity contribution in [1.29, 1.82) is 0 Å². The van der Waals surface area contributed by atoms with Crippen LogP contribution in [-0.2, 0) is 4.74 Å². The lowest BCUT2D eigenvalue weighted by Gasteiger charge is -2.28. The number of benzene rings is 2. The molecule has 1 atom stereocenters. The number of hydrogen-bond acceptors (Lipinski definition) is 3. The predicted octanol–water partition coefficient (Wildman–Crippen LogP) is 2.47. The summed E-state index contributed by atoms with van der Waals surface area (Å²) in [5, 5.41) is 3.12. The largest absolute Gasteiger partial charge is 0.451 e. The molecule has 150 valence electrons. The average Bonchev–Trinajstić information content (AvgIpc) is 3.26. The van der Waals surface area contributed by atoms with E-state index in [-0.39, 0.29) is 23.5 Å². The van der Waals surface area contributed by atoms with Crippen LogP contribution in [0, 0.1) is 5.82 Å². The molecule has 6 heteroatoms. The third kappa shape index (κ3) is 4.91. The highest BCUT2D eigenvalue weighted by Crippen LogP contribution is 2.23. The first-order valence-corrected chi connectivity index (χ1v) is 9.82. The first-order chi connectivity index (χ1) is 14.2. The molecular weight excluding hydrogens is 371 g/mol. The van der Waals surface area contributed by atoms with Crippen LogP contribution in [0.2, 0.25) is 0 Å². The molecule has 4 rings (SSSR count). The van der Waals surface area contributed by atoms with Crippen LogP contribution in [0.5, 0.6) is 0 Å². The van der Waals surface area contributed by atoms with Gasteiger partial charge in [-0.1, -0.05) is 30.3 Å². The van der Waals surface area contributed by atoms with Gasteiger partial charge in [-0.05, 0) is 42.0 Å². The minimum atomic E-state index is -0.311. The fourth-order valence-electron chi connectivity index (χ4n) is 3.55. The van der Waals surface area contributed by atoms with Gasteiger partial charge < -0.3 is 19.4 Å². The Bertz CT molecular complexity index is 934. The third-order valence-electron chi connectivity index (χ3n) is 5.16. The van der Waals surface area contributed by atoms with Crippen molar-refractivity contribution in [3.63, 3.8) is 0 Å². The minimum Gasteiger partial charge on any atom is -0.451 e. The lowest BCUT2D eigenvalue weighted by atomic mass is 10.1. The Morgan fingerprint density at radius 3 is 2.45 bits per heavy atom. The molecule has 2 aromatic carbocycles. The highest BCUT2D eigenvalue weighted by molar-refractivity contribution is 5.92. The van der Waals surface area contributed by atoms with Crippen LogP contribution in [0.4, 0.5) is 4.39 Å². The summed E-state index contributed by atoms with van der Waals surface area (Å²) in [6, 6.07) is 19.2. The van der Waals surface area contributed by atoms with Crippen molar-refractivity contribution in [3.8, 4) is 11.3 Å². The number of ether oxygens (including phenoxy) is 1. The molecule has 1 aliphatic rings. The molecule has 1 amide bonds. The van der Waals surface area contributed by atoms with E-state index >= 15 is 0 Å². The quantitative estimate of drug-likeness (QED) is 0.674. The molecule has 0 aliphatic carbocycles. The number of furan rings is 1. The molecule has 1 aliphatic heterocycles. The van der Waals surface area contributed by atoms with E-state index in [1.807, 2.05) is 30.3 Å². The normalized spacial score (nSPS) is 15.8. The van der Waals surface area contributed by atoms with E-state index in [1.165, 1.54) is 17.0 Å². The number of carbonyl (C=O) groups is 1. The number of amides is 1. The van der Waals surface area contributed by atoms with Gasteiger partial charge >= 0.3 is 0 Å². The summed E-state index contributed by atoms with van der Waals surface area (Å²) in [5.74, 6) is 0.196. The number of morpholine rings is 1. The predicted molar refractivity (Wildman–Crippen MR) is 107 cm³/mol. The Morgan fingerprint density at radius 2 is 1.72 bits per heavy atom. The molecule has 2 N–H and O–H groups in total. The average molecular weight is 395 g/mol. The molecule has 1 fully saturated rings. The molecule has 0 spiro atoms. The fourth-order valence-corrected chi connectivity index (χ4v) is 3.55.